The maximum atomic E-state index is 8.97. The lowest BCUT2D eigenvalue weighted by atomic mass is 9.97. The van der Waals surface area contributed by atoms with Gasteiger partial charge in [0.05, 0.1) is 19.3 Å². The molecule has 0 aromatic heterocycles. The molecule has 1 atom stereocenters. The van der Waals surface area contributed by atoms with Crippen LogP contribution >= 0.6 is 0 Å². The van der Waals surface area contributed by atoms with E-state index in [2.05, 4.69) is 18.3 Å². The maximum Gasteiger partial charge on any atom is 0.103 e. The molecule has 0 saturated carbocycles. The fraction of sp³-hybridized carbons (Fsp3) is 0.929. The Kier molecular flexibility index (Phi) is 11.1. The van der Waals surface area contributed by atoms with Gasteiger partial charge in [-0.25, -0.2) is 0 Å². The van der Waals surface area contributed by atoms with Gasteiger partial charge in [0.15, 0.2) is 0 Å². The van der Waals surface area contributed by atoms with Crippen LogP contribution in [0.2, 0.25) is 0 Å². The smallest absolute Gasteiger partial charge is 0.103 e. The van der Waals surface area contributed by atoms with E-state index in [0.29, 0.717) is 13.2 Å². The fourth-order valence-electron chi connectivity index (χ4n) is 1.49. The normalized spacial score (nSPS) is 14.1. The Bertz CT molecular complexity index is 228. The van der Waals surface area contributed by atoms with Gasteiger partial charge in [-0.15, -0.1) is 0 Å². The highest BCUT2D eigenvalue weighted by Gasteiger charge is 2.19. The molecule has 1 unspecified atom stereocenters. The van der Waals surface area contributed by atoms with Crippen molar-refractivity contribution in [3.05, 3.63) is 0 Å². The first-order chi connectivity index (χ1) is 8.68. The number of nitriles is 1. The summed E-state index contributed by atoms with van der Waals surface area (Å²) in [4.78, 5) is 0. The molecule has 0 bridgehead atoms. The Hall–Kier alpha value is -0.630. The maximum absolute atomic E-state index is 8.97. The van der Waals surface area contributed by atoms with Crippen molar-refractivity contribution in [2.75, 3.05) is 33.5 Å². The molecule has 0 aliphatic carbocycles. The lowest BCUT2D eigenvalue weighted by molar-refractivity contribution is 0.0450. The van der Waals surface area contributed by atoms with E-state index in [1.54, 1.807) is 0 Å². The summed E-state index contributed by atoms with van der Waals surface area (Å²) in [6.45, 7) is 7.03. The van der Waals surface area contributed by atoms with E-state index in [1.165, 1.54) is 6.42 Å². The molecule has 0 aliphatic heterocycles. The molecule has 0 aliphatic rings. The highest BCUT2D eigenvalue weighted by atomic mass is 16.5. The van der Waals surface area contributed by atoms with Crippen molar-refractivity contribution in [3.63, 3.8) is 0 Å². The van der Waals surface area contributed by atoms with Crippen molar-refractivity contribution >= 4 is 0 Å². The molecular weight excluding hydrogens is 228 g/mol. The molecule has 0 rings (SSSR count). The van der Waals surface area contributed by atoms with E-state index >= 15 is 0 Å². The number of unbranched alkanes of at least 4 members (excludes halogenated alkanes) is 2. The average molecular weight is 256 g/mol. The zero-order valence-electron chi connectivity index (χ0n) is 12.1. The third kappa shape index (κ3) is 9.41. The number of ether oxygens (including phenoxy) is 2. The first-order valence-corrected chi connectivity index (χ1v) is 6.94. The van der Waals surface area contributed by atoms with Crippen LogP contribution in [0.5, 0.6) is 0 Å². The molecular formula is C14H28N2O2. The molecule has 106 valence electrons. The van der Waals surface area contributed by atoms with Crippen LogP contribution in [0.4, 0.5) is 0 Å². The van der Waals surface area contributed by atoms with Gasteiger partial charge in [-0.2, -0.15) is 5.26 Å². The third-order valence-electron chi connectivity index (χ3n) is 3.03. The summed E-state index contributed by atoms with van der Waals surface area (Å²) in [5, 5.41) is 12.0. The summed E-state index contributed by atoms with van der Waals surface area (Å²) in [6.07, 6.45) is 5.15. The number of nitrogens with one attached hydrogen (secondary N) is 1. The van der Waals surface area contributed by atoms with Crippen LogP contribution in [0, 0.1) is 11.3 Å². The van der Waals surface area contributed by atoms with Gasteiger partial charge < -0.3 is 14.8 Å². The first-order valence-electron chi connectivity index (χ1n) is 6.94. The van der Waals surface area contributed by atoms with Gasteiger partial charge in [-0.3, -0.25) is 0 Å². The topological polar surface area (TPSA) is 54.3 Å². The molecule has 4 heteroatoms. The minimum absolute atomic E-state index is 0.400. The molecule has 0 amide bonds. The van der Waals surface area contributed by atoms with Crippen LogP contribution in [-0.2, 0) is 9.47 Å². The van der Waals surface area contributed by atoms with E-state index < -0.39 is 5.54 Å². The van der Waals surface area contributed by atoms with E-state index in [4.69, 9.17) is 14.7 Å². The van der Waals surface area contributed by atoms with E-state index in [9.17, 15) is 0 Å². The number of hydrogen-bond acceptors (Lipinski definition) is 4. The second-order valence-corrected chi connectivity index (χ2v) is 4.73. The number of nitrogens with zero attached hydrogens (tertiary/aromatic N) is 1. The Morgan fingerprint density at radius 2 is 1.67 bits per heavy atom. The second kappa shape index (κ2) is 11.5. The summed E-state index contributed by atoms with van der Waals surface area (Å²) in [5.41, 5.74) is -0.400. The van der Waals surface area contributed by atoms with E-state index in [-0.39, 0.29) is 0 Å². The molecule has 4 nitrogen and oxygen atoms in total. The van der Waals surface area contributed by atoms with Gasteiger partial charge in [0.25, 0.3) is 0 Å². The van der Waals surface area contributed by atoms with Gasteiger partial charge in [-0.1, -0.05) is 13.3 Å². The van der Waals surface area contributed by atoms with Gasteiger partial charge in [0.1, 0.15) is 5.54 Å². The van der Waals surface area contributed by atoms with E-state index in [0.717, 1.165) is 38.9 Å². The van der Waals surface area contributed by atoms with Crippen molar-refractivity contribution in [3.8, 4) is 6.07 Å². The fourth-order valence-corrected chi connectivity index (χ4v) is 1.49. The quantitative estimate of drug-likeness (QED) is 0.545. The summed E-state index contributed by atoms with van der Waals surface area (Å²) in [6, 6.07) is 2.29. The summed E-state index contributed by atoms with van der Waals surface area (Å²) < 4.78 is 10.9. The Labute approximate surface area is 112 Å². The zero-order chi connectivity index (χ0) is 13.7. The van der Waals surface area contributed by atoms with Crippen molar-refractivity contribution < 1.29 is 9.47 Å². The van der Waals surface area contributed by atoms with Crippen LogP contribution in [0.3, 0.4) is 0 Å². The standard InChI is InChI=1S/C14H28N2O2/c1-4-5-9-17-11-12-18-10-7-6-8-14(2,13-15)16-3/h16H,4-12H2,1-3H3. The lowest BCUT2D eigenvalue weighted by Gasteiger charge is -2.20. The molecule has 18 heavy (non-hydrogen) atoms. The van der Waals surface area contributed by atoms with Crippen molar-refractivity contribution in [2.24, 2.45) is 0 Å². The molecule has 0 fully saturated rings. The predicted octanol–water partition coefficient (Wildman–Crippen LogP) is 2.49. The highest BCUT2D eigenvalue weighted by Crippen LogP contribution is 2.11. The SMILES string of the molecule is CCCCOCCOCCCCC(C)(C#N)NC. The Morgan fingerprint density at radius 3 is 2.17 bits per heavy atom. The van der Waals surface area contributed by atoms with Crippen LogP contribution in [0.25, 0.3) is 0 Å². The van der Waals surface area contributed by atoms with Gasteiger partial charge >= 0.3 is 0 Å². The summed E-state index contributed by atoms with van der Waals surface area (Å²) >= 11 is 0. The number of rotatable bonds is 12. The Morgan fingerprint density at radius 1 is 1.06 bits per heavy atom. The molecule has 0 spiro atoms. The molecule has 0 aromatic rings. The van der Waals surface area contributed by atoms with Crippen molar-refractivity contribution in [1.82, 2.24) is 5.32 Å². The monoisotopic (exact) mass is 256 g/mol. The Balaban J connectivity index is 3.24. The number of hydrogen-bond donors (Lipinski definition) is 1. The molecule has 0 heterocycles. The van der Waals surface area contributed by atoms with Gasteiger partial charge in [-0.05, 0) is 39.7 Å². The summed E-state index contributed by atoms with van der Waals surface area (Å²) in [7, 11) is 1.83. The van der Waals surface area contributed by atoms with Crippen LogP contribution < -0.4 is 5.32 Å². The van der Waals surface area contributed by atoms with Crippen LogP contribution in [0.15, 0.2) is 0 Å². The molecule has 0 aromatic carbocycles. The van der Waals surface area contributed by atoms with Gasteiger partial charge in [0.2, 0.25) is 0 Å². The minimum atomic E-state index is -0.400. The predicted molar refractivity (Wildman–Crippen MR) is 73.5 cm³/mol. The summed E-state index contributed by atoms with van der Waals surface area (Å²) in [5.74, 6) is 0. The second-order valence-electron chi connectivity index (χ2n) is 4.73. The molecule has 0 radical (unpaired) electrons. The van der Waals surface area contributed by atoms with Crippen LogP contribution in [-0.4, -0.2) is 39.0 Å². The largest absolute Gasteiger partial charge is 0.379 e. The average Bonchev–Trinajstić information content (AvgIpc) is 2.40. The first kappa shape index (κ1) is 17.4. The van der Waals surface area contributed by atoms with Crippen molar-refractivity contribution in [1.29, 1.82) is 5.26 Å². The van der Waals surface area contributed by atoms with Crippen LogP contribution in [0.1, 0.15) is 46.0 Å². The molecule has 1 N–H and O–H groups in total. The minimum Gasteiger partial charge on any atom is -0.379 e. The zero-order valence-corrected chi connectivity index (χ0v) is 12.1. The van der Waals surface area contributed by atoms with E-state index in [1.807, 2.05) is 14.0 Å². The lowest BCUT2D eigenvalue weighted by Crippen LogP contribution is -2.37. The third-order valence-corrected chi connectivity index (χ3v) is 3.03. The van der Waals surface area contributed by atoms with Gasteiger partial charge in [0, 0.05) is 13.2 Å². The molecule has 0 saturated heterocycles. The highest BCUT2D eigenvalue weighted by molar-refractivity contribution is 5.02. The van der Waals surface area contributed by atoms with Crippen molar-refractivity contribution in [2.45, 2.75) is 51.5 Å².